The smallest absolute Gasteiger partial charge is 0.310 e. The van der Waals surface area contributed by atoms with E-state index in [4.69, 9.17) is 9.47 Å². The maximum Gasteiger partial charge on any atom is 0.310 e. The number of methoxy groups -OCH3 is 1. The van der Waals surface area contributed by atoms with Gasteiger partial charge in [0.25, 0.3) is 5.91 Å². The van der Waals surface area contributed by atoms with Crippen LogP contribution in [0.2, 0.25) is 0 Å². The molecule has 0 aliphatic heterocycles. The Hall–Kier alpha value is -2.34. The van der Waals surface area contributed by atoms with Crippen molar-refractivity contribution in [2.24, 2.45) is 0 Å². The third-order valence-electron chi connectivity index (χ3n) is 4.44. The van der Waals surface area contributed by atoms with Crippen LogP contribution in [-0.4, -0.2) is 36.5 Å². The first-order valence-electron chi connectivity index (χ1n) is 8.87. The van der Waals surface area contributed by atoms with Crippen molar-refractivity contribution in [1.29, 1.82) is 0 Å². The average Bonchev–Trinajstić information content (AvgIpc) is 3.51. The van der Waals surface area contributed by atoms with Crippen LogP contribution in [0.15, 0.2) is 53.0 Å². The summed E-state index contributed by atoms with van der Waals surface area (Å²) in [7, 11) is 1.62. The lowest BCUT2D eigenvalue weighted by Crippen LogP contribution is -2.36. The molecule has 0 radical (unpaired) electrons. The Kier molecular flexibility index (Phi) is 6.50. The van der Waals surface area contributed by atoms with E-state index in [1.165, 1.54) is 0 Å². The zero-order chi connectivity index (χ0) is 19.2. The minimum atomic E-state index is -0.397. The Labute approximate surface area is 167 Å². The van der Waals surface area contributed by atoms with Crippen molar-refractivity contribution in [3.05, 3.63) is 64.1 Å². The predicted molar refractivity (Wildman–Crippen MR) is 105 cm³/mol. The minimum Gasteiger partial charge on any atom is -0.497 e. The van der Waals surface area contributed by atoms with Crippen LogP contribution in [0.25, 0.3) is 0 Å². The fraction of sp³-hybridized carbons (Fsp3) is 0.333. The molecule has 2 aromatic rings. The van der Waals surface area contributed by atoms with E-state index in [0.717, 1.165) is 34.2 Å². The highest BCUT2D eigenvalue weighted by molar-refractivity contribution is 9.10. The fourth-order valence-corrected chi connectivity index (χ4v) is 3.04. The molecule has 0 atom stereocenters. The monoisotopic (exact) mass is 431 g/mol. The van der Waals surface area contributed by atoms with Gasteiger partial charge < -0.3 is 14.4 Å². The molecule has 142 valence electrons. The molecule has 1 aliphatic carbocycles. The third kappa shape index (κ3) is 5.82. The second kappa shape index (κ2) is 9.04. The van der Waals surface area contributed by atoms with Gasteiger partial charge in [0.1, 0.15) is 5.75 Å². The summed E-state index contributed by atoms with van der Waals surface area (Å²) in [5.41, 5.74) is 1.88. The number of amides is 1. The van der Waals surface area contributed by atoms with E-state index in [2.05, 4.69) is 15.9 Å². The lowest BCUT2D eigenvalue weighted by molar-refractivity contribution is -0.152. The standard InChI is InChI=1S/C21H22BrNO4/c1-26-19-10-4-16(5-11-19)13-23(18-8-9-18)20(24)14-27-21(25)12-15-2-6-17(22)7-3-15/h2-7,10-11,18H,8-9,12-14H2,1H3. The van der Waals surface area contributed by atoms with Crippen LogP contribution in [0.5, 0.6) is 5.75 Å². The summed E-state index contributed by atoms with van der Waals surface area (Å²) in [6, 6.07) is 15.3. The van der Waals surface area contributed by atoms with Crippen molar-refractivity contribution >= 4 is 27.8 Å². The molecule has 0 unspecified atom stereocenters. The number of nitrogens with zero attached hydrogens (tertiary/aromatic N) is 1. The number of ether oxygens (including phenoxy) is 2. The number of esters is 1. The fourth-order valence-electron chi connectivity index (χ4n) is 2.78. The van der Waals surface area contributed by atoms with Crippen LogP contribution < -0.4 is 4.74 Å². The average molecular weight is 432 g/mol. The molecular weight excluding hydrogens is 410 g/mol. The third-order valence-corrected chi connectivity index (χ3v) is 4.97. The Morgan fingerprint density at radius 2 is 1.67 bits per heavy atom. The highest BCUT2D eigenvalue weighted by Crippen LogP contribution is 2.29. The van der Waals surface area contributed by atoms with Crippen molar-refractivity contribution in [2.75, 3.05) is 13.7 Å². The van der Waals surface area contributed by atoms with Crippen LogP contribution in [0.4, 0.5) is 0 Å². The number of carbonyl (C=O) groups excluding carboxylic acids is 2. The van der Waals surface area contributed by atoms with Crippen molar-refractivity contribution in [1.82, 2.24) is 4.90 Å². The molecule has 1 saturated carbocycles. The molecule has 6 heteroatoms. The molecule has 2 aromatic carbocycles. The van der Waals surface area contributed by atoms with Crippen LogP contribution in [0.1, 0.15) is 24.0 Å². The van der Waals surface area contributed by atoms with Crippen molar-refractivity contribution < 1.29 is 19.1 Å². The summed E-state index contributed by atoms with van der Waals surface area (Å²) in [5, 5.41) is 0. The molecule has 5 nitrogen and oxygen atoms in total. The second-order valence-electron chi connectivity index (χ2n) is 6.56. The Bertz CT molecular complexity index is 785. The van der Waals surface area contributed by atoms with Gasteiger partial charge in [0.05, 0.1) is 13.5 Å². The Morgan fingerprint density at radius 1 is 1.04 bits per heavy atom. The number of hydrogen-bond donors (Lipinski definition) is 0. The van der Waals surface area contributed by atoms with Gasteiger partial charge in [0.15, 0.2) is 6.61 Å². The molecule has 1 aliphatic rings. The summed E-state index contributed by atoms with van der Waals surface area (Å²) in [6.45, 7) is 0.291. The molecular formula is C21H22BrNO4. The molecule has 1 fully saturated rings. The van der Waals surface area contributed by atoms with E-state index in [9.17, 15) is 9.59 Å². The largest absolute Gasteiger partial charge is 0.497 e. The Balaban J connectivity index is 1.52. The summed E-state index contributed by atoms with van der Waals surface area (Å²) >= 11 is 3.36. The van der Waals surface area contributed by atoms with Gasteiger partial charge in [-0.25, -0.2) is 0 Å². The van der Waals surface area contributed by atoms with E-state index in [1.807, 2.05) is 48.5 Å². The summed E-state index contributed by atoms with van der Waals surface area (Å²) < 4.78 is 11.3. The van der Waals surface area contributed by atoms with Gasteiger partial charge in [-0.3, -0.25) is 9.59 Å². The van der Waals surface area contributed by atoms with E-state index in [-0.39, 0.29) is 25.0 Å². The molecule has 0 saturated heterocycles. The first kappa shape index (κ1) is 19.4. The number of benzene rings is 2. The SMILES string of the molecule is COc1ccc(CN(C(=O)COC(=O)Cc2ccc(Br)cc2)C2CC2)cc1. The van der Waals surface area contributed by atoms with Gasteiger partial charge in [-0.1, -0.05) is 40.2 Å². The number of carbonyl (C=O) groups is 2. The highest BCUT2D eigenvalue weighted by Gasteiger charge is 2.32. The predicted octanol–water partition coefficient (Wildman–Crippen LogP) is 3.73. The maximum absolute atomic E-state index is 12.6. The molecule has 0 spiro atoms. The van der Waals surface area contributed by atoms with Gasteiger partial charge in [0.2, 0.25) is 0 Å². The first-order chi connectivity index (χ1) is 13.0. The van der Waals surface area contributed by atoms with Crippen LogP contribution in [-0.2, 0) is 27.3 Å². The molecule has 0 aromatic heterocycles. The van der Waals surface area contributed by atoms with Gasteiger partial charge in [-0.15, -0.1) is 0 Å². The van der Waals surface area contributed by atoms with E-state index in [0.29, 0.717) is 6.54 Å². The van der Waals surface area contributed by atoms with Gasteiger partial charge in [-0.05, 0) is 48.2 Å². The Morgan fingerprint density at radius 3 is 2.26 bits per heavy atom. The second-order valence-corrected chi connectivity index (χ2v) is 7.48. The molecule has 0 heterocycles. The lowest BCUT2D eigenvalue weighted by atomic mass is 10.2. The normalized spacial score (nSPS) is 13.1. The van der Waals surface area contributed by atoms with Crippen LogP contribution in [0.3, 0.4) is 0 Å². The number of hydrogen-bond acceptors (Lipinski definition) is 4. The zero-order valence-corrected chi connectivity index (χ0v) is 16.8. The summed E-state index contributed by atoms with van der Waals surface area (Å²) in [5.74, 6) is 0.230. The van der Waals surface area contributed by atoms with Crippen LogP contribution >= 0.6 is 15.9 Å². The first-order valence-corrected chi connectivity index (χ1v) is 9.67. The lowest BCUT2D eigenvalue weighted by Gasteiger charge is -2.22. The van der Waals surface area contributed by atoms with Crippen molar-refractivity contribution in [2.45, 2.75) is 31.8 Å². The zero-order valence-electron chi connectivity index (χ0n) is 15.2. The van der Waals surface area contributed by atoms with E-state index >= 15 is 0 Å². The highest BCUT2D eigenvalue weighted by atomic mass is 79.9. The molecule has 1 amide bonds. The van der Waals surface area contributed by atoms with Crippen molar-refractivity contribution in [3.8, 4) is 5.75 Å². The molecule has 3 rings (SSSR count). The minimum absolute atomic E-state index is 0.155. The molecule has 0 N–H and O–H groups in total. The van der Waals surface area contributed by atoms with Gasteiger partial charge in [-0.2, -0.15) is 0 Å². The van der Waals surface area contributed by atoms with Gasteiger partial charge in [0, 0.05) is 17.1 Å². The van der Waals surface area contributed by atoms with Gasteiger partial charge >= 0.3 is 5.97 Å². The summed E-state index contributed by atoms with van der Waals surface area (Å²) in [6.07, 6.45) is 2.14. The number of rotatable bonds is 8. The summed E-state index contributed by atoms with van der Waals surface area (Å²) in [4.78, 5) is 26.4. The van der Waals surface area contributed by atoms with Crippen LogP contribution in [0, 0.1) is 0 Å². The topological polar surface area (TPSA) is 55.8 Å². The van der Waals surface area contributed by atoms with E-state index in [1.54, 1.807) is 12.0 Å². The maximum atomic E-state index is 12.6. The van der Waals surface area contributed by atoms with Crippen molar-refractivity contribution in [3.63, 3.8) is 0 Å². The quantitative estimate of drug-likeness (QED) is 0.597. The van der Waals surface area contributed by atoms with E-state index < -0.39 is 5.97 Å². The molecule has 0 bridgehead atoms. The molecule has 27 heavy (non-hydrogen) atoms. The number of halogens is 1.